The maximum atomic E-state index is 12.0. The summed E-state index contributed by atoms with van der Waals surface area (Å²) in [6.45, 7) is 4.30. The number of hydrogen-bond donors (Lipinski definition) is 1. The van der Waals surface area contributed by atoms with E-state index >= 15 is 0 Å². The van der Waals surface area contributed by atoms with Gasteiger partial charge >= 0.3 is 0 Å². The summed E-state index contributed by atoms with van der Waals surface area (Å²) in [6.07, 6.45) is 1.50. The van der Waals surface area contributed by atoms with Gasteiger partial charge in [0, 0.05) is 5.69 Å². The quantitative estimate of drug-likeness (QED) is 0.928. The third-order valence-corrected chi connectivity index (χ3v) is 5.73. The third-order valence-electron chi connectivity index (χ3n) is 3.96. The van der Waals surface area contributed by atoms with E-state index in [9.17, 15) is 13.2 Å². The van der Waals surface area contributed by atoms with Crippen LogP contribution >= 0.6 is 0 Å². The number of nitrogens with one attached hydrogen (secondary N) is 1. The van der Waals surface area contributed by atoms with Crippen LogP contribution in [0.1, 0.15) is 38.2 Å². The van der Waals surface area contributed by atoms with Gasteiger partial charge < -0.3 is 5.32 Å². The zero-order valence-corrected chi connectivity index (χ0v) is 12.7. The molecular weight excluding hydrogens is 274 g/mol. The van der Waals surface area contributed by atoms with Crippen LogP contribution in [0.2, 0.25) is 0 Å². The number of carbonyl (C=O) groups is 1. The maximum absolute atomic E-state index is 12.0. The molecule has 0 spiro atoms. The summed E-state index contributed by atoms with van der Waals surface area (Å²) in [5.41, 5.74) is 1.97. The molecule has 20 heavy (non-hydrogen) atoms. The first-order valence-electron chi connectivity index (χ1n) is 7.02. The summed E-state index contributed by atoms with van der Waals surface area (Å²) in [6, 6.07) is 7.77. The van der Waals surface area contributed by atoms with Gasteiger partial charge in [0.05, 0.1) is 17.4 Å². The number of hydrogen-bond acceptors (Lipinski definition) is 3. The molecule has 5 heteroatoms. The summed E-state index contributed by atoms with van der Waals surface area (Å²) < 4.78 is 22.7. The van der Waals surface area contributed by atoms with Crippen LogP contribution in [0.5, 0.6) is 0 Å². The average molecular weight is 295 g/mol. The van der Waals surface area contributed by atoms with Gasteiger partial charge in [0.25, 0.3) is 0 Å². The summed E-state index contributed by atoms with van der Waals surface area (Å²) in [5, 5.41) is 2.80. The molecule has 1 fully saturated rings. The number of sulfone groups is 1. The Morgan fingerprint density at radius 3 is 2.50 bits per heavy atom. The molecule has 1 aromatic rings. The predicted molar refractivity (Wildman–Crippen MR) is 80.5 cm³/mol. The molecule has 2 rings (SSSR count). The Morgan fingerprint density at radius 2 is 2.00 bits per heavy atom. The van der Waals surface area contributed by atoms with Crippen molar-refractivity contribution in [2.45, 2.75) is 32.6 Å². The van der Waals surface area contributed by atoms with E-state index in [0.29, 0.717) is 12.3 Å². The number of carbonyl (C=O) groups excluding carboxylic acids is 1. The minimum Gasteiger partial charge on any atom is -0.326 e. The molecule has 0 saturated carbocycles. The smallest absolute Gasteiger partial charge is 0.228 e. The van der Waals surface area contributed by atoms with Gasteiger partial charge in [-0.1, -0.05) is 26.0 Å². The van der Waals surface area contributed by atoms with Gasteiger partial charge in [-0.15, -0.1) is 0 Å². The first kappa shape index (κ1) is 15.0. The van der Waals surface area contributed by atoms with Crippen molar-refractivity contribution in [1.29, 1.82) is 0 Å². The fourth-order valence-electron chi connectivity index (χ4n) is 2.38. The highest BCUT2D eigenvalue weighted by molar-refractivity contribution is 7.91. The van der Waals surface area contributed by atoms with Crippen LogP contribution in [-0.4, -0.2) is 25.8 Å². The highest BCUT2D eigenvalue weighted by Gasteiger charge is 2.32. The van der Waals surface area contributed by atoms with Crippen molar-refractivity contribution >= 4 is 21.4 Å². The van der Waals surface area contributed by atoms with Gasteiger partial charge in [-0.05, 0) is 36.5 Å². The second-order valence-corrected chi connectivity index (χ2v) is 7.75. The van der Waals surface area contributed by atoms with Crippen LogP contribution in [0.4, 0.5) is 5.69 Å². The SMILES string of the molecule is CCC(C)c1ccc(NC(=O)C2CCS(=O)(=O)C2)cc1. The Labute approximate surface area is 120 Å². The molecule has 1 aliphatic heterocycles. The van der Waals surface area contributed by atoms with E-state index in [1.54, 1.807) is 0 Å². The van der Waals surface area contributed by atoms with Crippen molar-refractivity contribution in [3.63, 3.8) is 0 Å². The molecule has 1 aliphatic rings. The lowest BCUT2D eigenvalue weighted by Gasteiger charge is -2.12. The van der Waals surface area contributed by atoms with E-state index in [1.807, 2.05) is 24.3 Å². The number of benzene rings is 1. The molecule has 2 atom stereocenters. The first-order chi connectivity index (χ1) is 9.41. The lowest BCUT2D eigenvalue weighted by molar-refractivity contribution is -0.119. The van der Waals surface area contributed by atoms with Gasteiger partial charge in [-0.25, -0.2) is 8.42 Å². The molecule has 1 amide bonds. The lowest BCUT2D eigenvalue weighted by Crippen LogP contribution is -2.23. The fraction of sp³-hybridized carbons (Fsp3) is 0.533. The highest BCUT2D eigenvalue weighted by Crippen LogP contribution is 2.23. The van der Waals surface area contributed by atoms with E-state index in [1.165, 1.54) is 5.56 Å². The van der Waals surface area contributed by atoms with E-state index in [-0.39, 0.29) is 17.4 Å². The Kier molecular flexibility index (Phi) is 4.48. The van der Waals surface area contributed by atoms with Gasteiger partial charge in [0.15, 0.2) is 9.84 Å². The molecule has 1 N–H and O–H groups in total. The minimum absolute atomic E-state index is 0.0240. The molecule has 0 bridgehead atoms. The van der Waals surface area contributed by atoms with Crippen molar-refractivity contribution in [3.05, 3.63) is 29.8 Å². The van der Waals surface area contributed by atoms with Crippen molar-refractivity contribution in [1.82, 2.24) is 0 Å². The lowest BCUT2D eigenvalue weighted by atomic mass is 9.98. The largest absolute Gasteiger partial charge is 0.326 e. The molecule has 0 aliphatic carbocycles. The zero-order chi connectivity index (χ0) is 14.8. The normalized spacial score (nSPS) is 22.4. The highest BCUT2D eigenvalue weighted by atomic mass is 32.2. The summed E-state index contributed by atoms with van der Waals surface area (Å²) in [4.78, 5) is 12.0. The van der Waals surface area contributed by atoms with Crippen LogP contribution in [0, 0.1) is 5.92 Å². The van der Waals surface area contributed by atoms with Crippen LogP contribution in [0.15, 0.2) is 24.3 Å². The Morgan fingerprint density at radius 1 is 1.35 bits per heavy atom. The van der Waals surface area contributed by atoms with E-state index in [2.05, 4.69) is 19.2 Å². The van der Waals surface area contributed by atoms with Crippen molar-refractivity contribution in [2.75, 3.05) is 16.8 Å². The average Bonchev–Trinajstić information content (AvgIpc) is 2.79. The Hall–Kier alpha value is -1.36. The number of amides is 1. The first-order valence-corrected chi connectivity index (χ1v) is 8.84. The third kappa shape index (κ3) is 3.60. The predicted octanol–water partition coefficient (Wildman–Crippen LogP) is 2.57. The molecule has 0 aromatic heterocycles. The van der Waals surface area contributed by atoms with Gasteiger partial charge in [0.2, 0.25) is 5.91 Å². The topological polar surface area (TPSA) is 63.2 Å². The van der Waals surface area contributed by atoms with Crippen LogP contribution in [-0.2, 0) is 14.6 Å². The zero-order valence-electron chi connectivity index (χ0n) is 11.9. The van der Waals surface area contributed by atoms with Crippen LogP contribution in [0.3, 0.4) is 0 Å². The standard InChI is InChI=1S/C15H21NO3S/c1-3-11(2)12-4-6-14(7-5-12)16-15(17)13-8-9-20(18,19)10-13/h4-7,11,13H,3,8-10H2,1-2H3,(H,16,17). The van der Waals surface area contributed by atoms with Crippen molar-refractivity contribution in [2.24, 2.45) is 5.92 Å². The molecule has 2 unspecified atom stereocenters. The van der Waals surface area contributed by atoms with Crippen LogP contribution < -0.4 is 5.32 Å². The summed E-state index contributed by atoms with van der Waals surface area (Å²) >= 11 is 0. The summed E-state index contributed by atoms with van der Waals surface area (Å²) in [7, 11) is -3.01. The molecule has 1 aromatic carbocycles. The Balaban J connectivity index is 1.98. The second kappa shape index (κ2) is 5.95. The molecular formula is C15H21NO3S. The number of rotatable bonds is 4. The van der Waals surface area contributed by atoms with Gasteiger partial charge in [-0.3, -0.25) is 4.79 Å². The van der Waals surface area contributed by atoms with E-state index in [4.69, 9.17) is 0 Å². The molecule has 4 nitrogen and oxygen atoms in total. The van der Waals surface area contributed by atoms with Crippen molar-refractivity contribution < 1.29 is 13.2 Å². The van der Waals surface area contributed by atoms with E-state index < -0.39 is 15.8 Å². The number of anilines is 1. The minimum atomic E-state index is -3.01. The van der Waals surface area contributed by atoms with Gasteiger partial charge in [-0.2, -0.15) is 0 Å². The van der Waals surface area contributed by atoms with Crippen LogP contribution in [0.25, 0.3) is 0 Å². The molecule has 0 radical (unpaired) electrons. The molecule has 110 valence electrons. The fourth-order valence-corrected chi connectivity index (χ4v) is 4.12. The molecule has 1 heterocycles. The van der Waals surface area contributed by atoms with Crippen molar-refractivity contribution in [3.8, 4) is 0 Å². The maximum Gasteiger partial charge on any atom is 0.228 e. The Bertz CT molecular complexity index is 578. The van der Waals surface area contributed by atoms with Gasteiger partial charge in [0.1, 0.15) is 0 Å². The second-order valence-electron chi connectivity index (χ2n) is 5.52. The molecule has 1 saturated heterocycles. The van der Waals surface area contributed by atoms with E-state index in [0.717, 1.165) is 12.1 Å². The monoisotopic (exact) mass is 295 g/mol. The summed E-state index contributed by atoms with van der Waals surface area (Å²) in [5.74, 6) is -0.00158.